The molecule has 5 rings (SSSR count). The minimum absolute atomic E-state index is 0.696. The van der Waals surface area contributed by atoms with Gasteiger partial charge < -0.3 is 7.79 Å². The van der Waals surface area contributed by atoms with Gasteiger partial charge in [-0.05, 0) is 33.8 Å². The summed E-state index contributed by atoms with van der Waals surface area (Å²) in [6, 6.07) is 44.5. The summed E-state index contributed by atoms with van der Waals surface area (Å²) >= 11 is 13.9. The highest BCUT2D eigenvalue weighted by Crippen LogP contribution is 2.40. The fourth-order valence-corrected chi connectivity index (χ4v) is 42.4. The molecule has 1 aliphatic rings. The monoisotopic (exact) mass is 578 g/mol. The van der Waals surface area contributed by atoms with Crippen molar-refractivity contribution in [2.45, 2.75) is 13.1 Å². The van der Waals surface area contributed by atoms with E-state index in [9.17, 15) is 0 Å². The molecule has 0 radical (unpaired) electrons. The van der Waals surface area contributed by atoms with Crippen molar-refractivity contribution >= 4 is 78.7 Å². The molecule has 0 amide bonds. The maximum absolute atomic E-state index is 6.95. The first-order chi connectivity index (χ1) is 17.6. The van der Waals surface area contributed by atoms with Crippen molar-refractivity contribution in [2.24, 2.45) is 0 Å². The second kappa shape index (κ2) is 10.9. The number of hydrogen-bond donors (Lipinski definition) is 0. The van der Waals surface area contributed by atoms with Crippen LogP contribution in [0.15, 0.2) is 121 Å². The van der Waals surface area contributed by atoms with E-state index < -0.39 is 34.7 Å². The highest BCUT2D eigenvalue weighted by atomic mass is 35.5. The molecule has 36 heavy (non-hydrogen) atoms. The Morgan fingerprint density at radius 3 is 1.06 bits per heavy atom. The molecular weight excluding hydrogens is 548 g/mol. The first kappa shape index (κ1) is 25.9. The summed E-state index contributed by atoms with van der Waals surface area (Å²) in [6.45, 7) is 5.12. The second-order valence-electron chi connectivity index (χ2n) is 9.68. The van der Waals surface area contributed by atoms with E-state index in [4.69, 9.17) is 23.2 Å². The van der Waals surface area contributed by atoms with E-state index in [0.717, 1.165) is 0 Å². The lowest BCUT2D eigenvalue weighted by molar-refractivity contribution is 0.662. The average Bonchev–Trinajstić information content (AvgIpc) is 2.96. The van der Waals surface area contributed by atoms with Crippen molar-refractivity contribution in [3.05, 3.63) is 121 Å². The van der Waals surface area contributed by atoms with Gasteiger partial charge in [-0.15, -0.1) is 23.2 Å². The largest absolute Gasteiger partial charge is 0.336 e. The van der Waals surface area contributed by atoms with E-state index in [1.807, 2.05) is 0 Å². The smallest absolute Gasteiger partial charge is 0.212 e. The molecule has 0 spiro atoms. The fourth-order valence-electron chi connectivity index (χ4n) is 6.28. The average molecular weight is 580 g/mol. The third-order valence-electron chi connectivity index (χ3n) is 7.80. The van der Waals surface area contributed by atoms with E-state index in [1.54, 1.807) is 0 Å². The van der Waals surface area contributed by atoms with Crippen LogP contribution in [0.3, 0.4) is 0 Å². The van der Waals surface area contributed by atoms with Crippen molar-refractivity contribution in [1.82, 2.24) is 7.79 Å². The van der Waals surface area contributed by atoms with E-state index in [0.29, 0.717) is 11.0 Å². The molecule has 0 aromatic heterocycles. The van der Waals surface area contributed by atoms with Crippen molar-refractivity contribution in [1.29, 1.82) is 0 Å². The minimum Gasteiger partial charge on any atom is -0.336 e. The van der Waals surface area contributed by atoms with Crippen LogP contribution in [0.2, 0.25) is 13.1 Å². The summed E-state index contributed by atoms with van der Waals surface area (Å²) in [5.74, 6) is 0. The zero-order valence-corrected chi connectivity index (χ0v) is 26.6. The third-order valence-corrected chi connectivity index (χ3v) is 35.3. The second-order valence-corrected chi connectivity index (χ2v) is 26.7. The van der Waals surface area contributed by atoms with Crippen LogP contribution in [0.5, 0.6) is 0 Å². The molecule has 2 unspecified atom stereocenters. The maximum atomic E-state index is 6.95. The van der Waals surface area contributed by atoms with Crippen LogP contribution >= 0.6 is 23.2 Å². The van der Waals surface area contributed by atoms with Gasteiger partial charge in [0.1, 0.15) is 17.9 Å². The molecule has 0 bridgehead atoms. The van der Waals surface area contributed by atoms with Gasteiger partial charge in [-0.2, -0.15) is 0 Å². The Balaban J connectivity index is 1.77. The van der Waals surface area contributed by atoms with Crippen LogP contribution in [-0.4, -0.2) is 53.5 Å². The van der Waals surface area contributed by atoms with Crippen LogP contribution in [0.4, 0.5) is 0 Å². The van der Waals surface area contributed by atoms with Crippen LogP contribution < -0.4 is 20.7 Å². The van der Waals surface area contributed by atoms with E-state index >= 15 is 0 Å². The molecule has 1 aliphatic heterocycles. The predicted molar refractivity (Wildman–Crippen MR) is 167 cm³/mol. The first-order valence-electron chi connectivity index (χ1n) is 12.5. The number of rotatable bonds is 8. The zero-order valence-electron chi connectivity index (χ0n) is 20.8. The lowest BCUT2D eigenvalue weighted by Crippen LogP contribution is -3.03. The van der Waals surface area contributed by atoms with Gasteiger partial charge in [0.2, 0.25) is 16.8 Å². The molecule has 4 aromatic rings. The minimum atomic E-state index is -2.30. The van der Waals surface area contributed by atoms with Crippen molar-refractivity contribution in [3.63, 3.8) is 0 Å². The maximum Gasteiger partial charge on any atom is 0.212 e. The van der Waals surface area contributed by atoms with Crippen LogP contribution in [0.1, 0.15) is 0 Å². The van der Waals surface area contributed by atoms with E-state index in [1.165, 1.54) is 20.7 Å². The Morgan fingerprint density at radius 2 is 0.778 bits per heavy atom. The number of alkyl halides is 2. The lowest BCUT2D eigenvalue weighted by Gasteiger charge is -2.73. The quantitative estimate of drug-likeness (QED) is 0.233. The molecule has 184 valence electrons. The standard InChI is InChI=1S/C28H32Cl2N2Si4/c1-35(27-19-11-5-12-20-27)31(33(23-29)25-15-7-3-8-16-25)36(2,28-21-13-6-14-22-28)32(35)34(24-30)26-17-9-4-10-18-26/h3-22,33-34H,23-24H2,1-2H3. The number of hydrogen-bond acceptors (Lipinski definition) is 2. The number of nitrogens with zero attached hydrogens (tertiary/aromatic N) is 2. The fraction of sp³-hybridized carbons (Fsp3) is 0.143. The van der Waals surface area contributed by atoms with Crippen molar-refractivity contribution < 1.29 is 0 Å². The van der Waals surface area contributed by atoms with Gasteiger partial charge in [-0.1, -0.05) is 121 Å². The van der Waals surface area contributed by atoms with Gasteiger partial charge in [0.25, 0.3) is 0 Å². The molecule has 4 aromatic carbocycles. The molecule has 0 aliphatic carbocycles. The Bertz CT molecular complexity index is 1160. The lowest BCUT2D eigenvalue weighted by atomic mass is 10.4. The topological polar surface area (TPSA) is 6.48 Å². The van der Waals surface area contributed by atoms with Crippen molar-refractivity contribution in [2.75, 3.05) is 11.0 Å². The molecule has 1 saturated heterocycles. The molecular formula is C28H32Cl2N2Si4. The van der Waals surface area contributed by atoms with Gasteiger partial charge in [0.05, 0.1) is 0 Å². The summed E-state index contributed by atoms with van der Waals surface area (Å²) in [6.07, 6.45) is 0. The van der Waals surface area contributed by atoms with Crippen LogP contribution in [-0.2, 0) is 0 Å². The van der Waals surface area contributed by atoms with E-state index in [-0.39, 0.29) is 0 Å². The third kappa shape index (κ3) is 4.23. The Hall–Kier alpha value is -1.75. The van der Waals surface area contributed by atoms with Gasteiger partial charge in [0.15, 0.2) is 0 Å². The Kier molecular flexibility index (Phi) is 7.86. The molecule has 0 N–H and O–H groups in total. The summed E-state index contributed by atoms with van der Waals surface area (Å²) in [7, 11) is -7.99. The molecule has 1 heterocycles. The summed E-state index contributed by atoms with van der Waals surface area (Å²) in [5, 5.41) is 5.78. The predicted octanol–water partition coefficient (Wildman–Crippen LogP) is 3.38. The van der Waals surface area contributed by atoms with Crippen molar-refractivity contribution in [3.8, 4) is 0 Å². The molecule has 0 saturated carbocycles. The van der Waals surface area contributed by atoms with Crippen LogP contribution in [0.25, 0.3) is 0 Å². The normalized spacial score (nSPS) is 24.1. The highest BCUT2D eigenvalue weighted by Gasteiger charge is 2.70. The molecule has 2 nitrogen and oxygen atoms in total. The van der Waals surface area contributed by atoms with Crippen LogP contribution in [0, 0.1) is 0 Å². The molecule has 8 heteroatoms. The number of halogens is 2. The summed E-state index contributed by atoms with van der Waals surface area (Å²) < 4.78 is 6.09. The first-order valence-corrected chi connectivity index (χ1v) is 22.2. The Labute approximate surface area is 230 Å². The summed E-state index contributed by atoms with van der Waals surface area (Å²) in [4.78, 5) is 0. The van der Waals surface area contributed by atoms with Gasteiger partial charge >= 0.3 is 0 Å². The van der Waals surface area contributed by atoms with Gasteiger partial charge in [-0.25, -0.2) is 0 Å². The Morgan fingerprint density at radius 1 is 0.500 bits per heavy atom. The van der Waals surface area contributed by atoms with E-state index in [2.05, 4.69) is 142 Å². The SMILES string of the molecule is C[Si]1(c2ccccc2)N([SiH](CCl)c2ccccc2)[Si](C)(c2ccccc2)N1[SiH](CCl)c1ccccc1. The molecule has 2 atom stereocenters. The number of benzene rings is 4. The summed E-state index contributed by atoms with van der Waals surface area (Å²) in [5.41, 5.74) is 1.39. The highest BCUT2D eigenvalue weighted by molar-refractivity contribution is 7.26. The van der Waals surface area contributed by atoms with Gasteiger partial charge in [-0.3, -0.25) is 0 Å². The van der Waals surface area contributed by atoms with Gasteiger partial charge in [0, 0.05) is 11.0 Å². The zero-order chi connectivity index (χ0) is 25.2. The molecule has 1 fully saturated rings.